The molecule has 0 aliphatic carbocycles. The number of carbonyl (C=O) groups excluding carboxylic acids is 5. The Hall–Kier alpha value is -4.07. The number of carbonyl (C=O) groups is 5. The number of hydrogen-bond acceptors (Lipinski definition) is 8. The number of hydrogen-bond donors (Lipinski definition) is 1. The lowest BCUT2D eigenvalue weighted by Gasteiger charge is -2.41. The van der Waals surface area contributed by atoms with Gasteiger partial charge in [-0.15, -0.1) is 6.42 Å². The minimum absolute atomic E-state index is 0.0115. The molecule has 2 atom stereocenters. The van der Waals surface area contributed by atoms with Crippen LogP contribution >= 0.6 is 0 Å². The van der Waals surface area contributed by atoms with E-state index in [1.807, 2.05) is 0 Å². The zero-order valence-electron chi connectivity index (χ0n) is 24.2. The van der Waals surface area contributed by atoms with Crippen molar-refractivity contribution in [3.8, 4) is 12.3 Å². The van der Waals surface area contributed by atoms with Crippen molar-refractivity contribution in [3.63, 3.8) is 0 Å². The van der Waals surface area contributed by atoms with Crippen molar-refractivity contribution in [1.82, 2.24) is 15.1 Å². The molecular weight excluding hydrogens is 518 g/mol. The molecule has 218 valence electrons. The fraction of sp³-hybridized carbons (Fsp3) is 0.552. The van der Waals surface area contributed by atoms with Crippen molar-refractivity contribution in [2.45, 2.75) is 77.7 Å². The van der Waals surface area contributed by atoms with Gasteiger partial charge >= 0.3 is 18.0 Å². The molecule has 1 heterocycles. The number of methoxy groups -OCH3 is 1. The minimum atomic E-state index is -1.25. The van der Waals surface area contributed by atoms with Crippen LogP contribution in [-0.2, 0) is 39.8 Å². The van der Waals surface area contributed by atoms with Gasteiger partial charge in [0.2, 0.25) is 11.8 Å². The summed E-state index contributed by atoms with van der Waals surface area (Å²) in [7, 11) is 1.17. The third-order valence-corrected chi connectivity index (χ3v) is 5.74. The molecule has 0 bridgehead atoms. The lowest BCUT2D eigenvalue weighted by atomic mass is 10.0. The summed E-state index contributed by atoms with van der Waals surface area (Å²) in [4.78, 5) is 67.1. The molecule has 0 aromatic heterocycles. The molecule has 2 rings (SSSR count). The molecular formula is C29H39N3O8. The first-order chi connectivity index (χ1) is 18.5. The van der Waals surface area contributed by atoms with Crippen molar-refractivity contribution in [3.05, 3.63) is 35.4 Å². The second-order valence-electron chi connectivity index (χ2n) is 11.4. The topological polar surface area (TPSA) is 132 Å². The maximum atomic E-state index is 13.9. The first-order valence-corrected chi connectivity index (χ1v) is 13.0. The van der Waals surface area contributed by atoms with Crippen LogP contribution in [0.4, 0.5) is 4.79 Å². The van der Waals surface area contributed by atoms with Gasteiger partial charge in [-0.1, -0.05) is 18.1 Å². The zero-order valence-corrected chi connectivity index (χ0v) is 24.2. The van der Waals surface area contributed by atoms with E-state index in [1.165, 1.54) is 16.9 Å². The molecule has 1 aliphatic heterocycles. The van der Waals surface area contributed by atoms with Crippen molar-refractivity contribution >= 4 is 29.8 Å². The third-order valence-electron chi connectivity index (χ3n) is 5.74. The quantitative estimate of drug-likeness (QED) is 0.292. The average molecular weight is 558 g/mol. The molecule has 0 spiro atoms. The average Bonchev–Trinajstić information content (AvgIpc) is 2.83. The predicted octanol–water partition coefficient (Wildman–Crippen LogP) is 2.05. The van der Waals surface area contributed by atoms with Gasteiger partial charge in [0, 0.05) is 25.1 Å². The molecule has 1 N–H and O–H groups in total. The molecule has 0 saturated carbocycles. The lowest BCUT2D eigenvalue weighted by molar-refractivity contribution is -0.164. The Morgan fingerprint density at radius 2 is 1.60 bits per heavy atom. The molecule has 3 amide bonds. The molecule has 11 heteroatoms. The number of piperazine rings is 1. The largest absolute Gasteiger partial charge is 0.469 e. The summed E-state index contributed by atoms with van der Waals surface area (Å²) in [6, 6.07) is 4.52. The van der Waals surface area contributed by atoms with Crippen molar-refractivity contribution in [2.24, 2.45) is 0 Å². The summed E-state index contributed by atoms with van der Waals surface area (Å²) in [5.41, 5.74) is -0.213. The summed E-state index contributed by atoms with van der Waals surface area (Å²) < 4.78 is 15.5. The SMILES string of the molecule is C#Cc1ccc(C[C@H](NC(=O)OC(C)(C)C)C(=O)N2CCN(CC(=O)OC(C)(C)C)C(=O)[C@@H]2CC(=O)OC)cc1. The Balaban J connectivity index is 2.35. The Morgan fingerprint density at radius 3 is 2.12 bits per heavy atom. The highest BCUT2D eigenvalue weighted by Crippen LogP contribution is 2.20. The van der Waals surface area contributed by atoms with Gasteiger partial charge < -0.3 is 29.3 Å². The number of terminal acetylenes is 1. The molecule has 11 nitrogen and oxygen atoms in total. The molecule has 0 radical (unpaired) electrons. The summed E-state index contributed by atoms with van der Waals surface area (Å²) in [6.45, 7) is 9.90. The van der Waals surface area contributed by atoms with E-state index in [0.717, 1.165) is 0 Å². The maximum Gasteiger partial charge on any atom is 0.408 e. The first kappa shape index (κ1) is 32.1. The predicted molar refractivity (Wildman–Crippen MR) is 146 cm³/mol. The fourth-order valence-corrected chi connectivity index (χ4v) is 4.05. The van der Waals surface area contributed by atoms with Gasteiger partial charge in [0.25, 0.3) is 0 Å². The highest BCUT2D eigenvalue weighted by molar-refractivity contribution is 5.95. The van der Waals surface area contributed by atoms with E-state index >= 15 is 0 Å². The second kappa shape index (κ2) is 13.3. The van der Waals surface area contributed by atoms with Crippen LogP contribution in [0.1, 0.15) is 59.1 Å². The normalized spacial score (nSPS) is 16.4. The summed E-state index contributed by atoms with van der Waals surface area (Å²) >= 11 is 0. The number of esters is 2. The Bertz CT molecular complexity index is 1140. The van der Waals surface area contributed by atoms with E-state index < -0.39 is 59.6 Å². The molecule has 1 fully saturated rings. The van der Waals surface area contributed by atoms with Crippen LogP contribution in [0.5, 0.6) is 0 Å². The van der Waals surface area contributed by atoms with E-state index in [0.29, 0.717) is 11.1 Å². The van der Waals surface area contributed by atoms with E-state index in [4.69, 9.17) is 20.6 Å². The number of benzene rings is 1. The van der Waals surface area contributed by atoms with Gasteiger partial charge in [-0.3, -0.25) is 19.2 Å². The first-order valence-electron chi connectivity index (χ1n) is 13.0. The maximum absolute atomic E-state index is 13.9. The number of rotatable bonds is 8. The number of alkyl carbamates (subject to hydrolysis) is 1. The van der Waals surface area contributed by atoms with Gasteiger partial charge in [-0.25, -0.2) is 4.79 Å². The molecule has 1 aliphatic rings. The smallest absolute Gasteiger partial charge is 0.408 e. The van der Waals surface area contributed by atoms with Crippen molar-refractivity contribution in [2.75, 3.05) is 26.7 Å². The Morgan fingerprint density at radius 1 is 1.00 bits per heavy atom. The summed E-state index contributed by atoms with van der Waals surface area (Å²) in [5.74, 6) is -0.00232. The van der Waals surface area contributed by atoms with E-state index in [2.05, 4.69) is 11.2 Å². The van der Waals surface area contributed by atoms with Gasteiger partial charge in [0.05, 0.1) is 13.5 Å². The lowest BCUT2D eigenvalue weighted by Crippen LogP contribution is -2.63. The zero-order chi connectivity index (χ0) is 30.3. The fourth-order valence-electron chi connectivity index (χ4n) is 4.05. The van der Waals surface area contributed by atoms with E-state index in [1.54, 1.807) is 65.8 Å². The van der Waals surface area contributed by atoms with Crippen LogP contribution in [-0.4, -0.2) is 89.7 Å². The number of amides is 3. The standard InChI is InChI=1S/C29H39N3O8/c1-9-19-10-12-20(13-11-19)16-21(30-27(37)40-29(5,6)7)25(35)32-15-14-31(18-24(34)39-28(2,3)4)26(36)22(32)17-23(33)38-8/h1,10-13,21-22H,14-18H2,2-8H3,(H,30,37)/t21-,22-/m0/s1. The summed E-state index contributed by atoms with van der Waals surface area (Å²) in [6.07, 6.45) is 4.26. The Labute approximate surface area is 235 Å². The second-order valence-corrected chi connectivity index (χ2v) is 11.4. The minimum Gasteiger partial charge on any atom is -0.469 e. The van der Waals surface area contributed by atoms with Gasteiger partial charge in [0.15, 0.2) is 0 Å². The number of ether oxygens (including phenoxy) is 3. The molecule has 1 aromatic carbocycles. The van der Waals surface area contributed by atoms with Crippen LogP contribution in [0, 0.1) is 12.3 Å². The molecule has 0 unspecified atom stereocenters. The van der Waals surface area contributed by atoms with Gasteiger partial charge in [-0.05, 0) is 59.2 Å². The highest BCUT2D eigenvalue weighted by Gasteiger charge is 2.42. The molecule has 40 heavy (non-hydrogen) atoms. The molecule has 1 aromatic rings. The third kappa shape index (κ3) is 9.91. The van der Waals surface area contributed by atoms with Crippen molar-refractivity contribution < 1.29 is 38.2 Å². The van der Waals surface area contributed by atoms with E-state index in [9.17, 15) is 24.0 Å². The van der Waals surface area contributed by atoms with Gasteiger partial charge in [-0.2, -0.15) is 0 Å². The number of nitrogens with one attached hydrogen (secondary N) is 1. The van der Waals surface area contributed by atoms with Crippen molar-refractivity contribution in [1.29, 1.82) is 0 Å². The molecule has 1 saturated heterocycles. The highest BCUT2D eigenvalue weighted by atomic mass is 16.6. The van der Waals surface area contributed by atoms with Crippen LogP contribution < -0.4 is 5.32 Å². The monoisotopic (exact) mass is 557 g/mol. The number of nitrogens with zero attached hydrogens (tertiary/aromatic N) is 2. The van der Waals surface area contributed by atoms with Crippen LogP contribution in [0.2, 0.25) is 0 Å². The van der Waals surface area contributed by atoms with Crippen LogP contribution in [0.25, 0.3) is 0 Å². The Kier molecular flexibility index (Phi) is 10.7. The van der Waals surface area contributed by atoms with E-state index in [-0.39, 0.29) is 26.1 Å². The van der Waals surface area contributed by atoms with Crippen LogP contribution in [0.15, 0.2) is 24.3 Å². The van der Waals surface area contributed by atoms with Crippen LogP contribution in [0.3, 0.4) is 0 Å². The summed E-state index contributed by atoms with van der Waals surface area (Å²) in [5, 5.41) is 2.61. The van der Waals surface area contributed by atoms with Gasteiger partial charge in [0.1, 0.15) is 29.8 Å².